The van der Waals surface area contributed by atoms with E-state index >= 15 is 0 Å². The number of hydrogen-bond acceptors (Lipinski definition) is 4. The number of Topliss-reactive ketones (excluding diaryl/α,β-unsaturated/α-hetero) is 1. The lowest BCUT2D eigenvalue weighted by atomic mass is 10.1. The van der Waals surface area contributed by atoms with Crippen LogP contribution in [0, 0.1) is 0 Å². The molecule has 0 saturated carbocycles. The number of ketones is 1. The van der Waals surface area contributed by atoms with Crippen LogP contribution < -0.4 is 14.8 Å². The molecule has 0 bridgehead atoms. The molecule has 0 amide bonds. The van der Waals surface area contributed by atoms with Crippen molar-refractivity contribution in [2.75, 3.05) is 0 Å². The fourth-order valence-corrected chi connectivity index (χ4v) is 4.11. The van der Waals surface area contributed by atoms with Crippen LogP contribution in [0.5, 0.6) is 0 Å². The van der Waals surface area contributed by atoms with Crippen LogP contribution in [0.15, 0.2) is 63.8 Å². The van der Waals surface area contributed by atoms with Gasteiger partial charge in [0, 0.05) is 33.3 Å². The molecule has 1 N–H and O–H groups in total. The van der Waals surface area contributed by atoms with E-state index in [1.54, 1.807) is 60.7 Å². The highest BCUT2D eigenvalue weighted by molar-refractivity contribution is 7.07. The number of rotatable bonds is 4. The van der Waals surface area contributed by atoms with Crippen LogP contribution in [0.3, 0.4) is 0 Å². The predicted octanol–water partition coefficient (Wildman–Crippen LogP) is 5.15. The summed E-state index contributed by atoms with van der Waals surface area (Å²) >= 11 is 19.2. The second-order valence-corrected chi connectivity index (χ2v) is 8.63. The number of H-pyrrole nitrogens is 1. The summed E-state index contributed by atoms with van der Waals surface area (Å²) in [6.07, 6.45) is 2.99. The largest absolute Gasteiger partial charge is 0.457 e. The first-order valence-electron chi connectivity index (χ1n) is 8.67. The van der Waals surface area contributed by atoms with Gasteiger partial charge in [0.15, 0.2) is 5.78 Å². The summed E-state index contributed by atoms with van der Waals surface area (Å²) in [5.74, 6) is 0.780. The Hall–Kier alpha value is -2.57. The summed E-state index contributed by atoms with van der Waals surface area (Å²) < 4.78 is 6.65. The highest BCUT2D eigenvalue weighted by atomic mass is 35.5. The second-order valence-electron chi connectivity index (χ2n) is 6.27. The third-order valence-corrected chi connectivity index (χ3v) is 5.95. The van der Waals surface area contributed by atoms with E-state index in [0.29, 0.717) is 46.9 Å². The van der Waals surface area contributed by atoms with Crippen molar-refractivity contribution in [2.24, 2.45) is 0 Å². The molecule has 8 heteroatoms. The molecule has 150 valence electrons. The van der Waals surface area contributed by atoms with Crippen LogP contribution in [0.1, 0.15) is 16.1 Å². The first-order valence-corrected chi connectivity index (χ1v) is 10.6. The van der Waals surface area contributed by atoms with Crippen molar-refractivity contribution in [1.29, 1.82) is 0 Å². The number of aromatic nitrogens is 1. The van der Waals surface area contributed by atoms with Crippen molar-refractivity contribution in [3.8, 4) is 11.3 Å². The van der Waals surface area contributed by atoms with E-state index < -0.39 is 0 Å². The highest BCUT2D eigenvalue weighted by Gasteiger charge is 2.09. The number of carbonyl (C=O) groups excluding carboxylic acids is 1. The average Bonchev–Trinajstić information content (AvgIpc) is 3.31. The molecular weight excluding hydrogens is 465 g/mol. The van der Waals surface area contributed by atoms with E-state index in [-0.39, 0.29) is 11.3 Å². The van der Waals surface area contributed by atoms with E-state index in [0.717, 1.165) is 11.3 Å². The topological polar surface area (TPSA) is 63.1 Å². The Morgan fingerprint density at radius 1 is 0.967 bits per heavy atom. The molecule has 0 aliphatic heterocycles. The summed E-state index contributed by atoms with van der Waals surface area (Å²) in [4.78, 5) is 27.3. The molecule has 0 spiro atoms. The number of aromatic amines is 1. The van der Waals surface area contributed by atoms with Gasteiger partial charge in [-0.1, -0.05) is 34.8 Å². The van der Waals surface area contributed by atoms with Gasteiger partial charge in [-0.25, -0.2) is 0 Å². The minimum Gasteiger partial charge on any atom is -0.457 e. The smallest absolute Gasteiger partial charge is 0.266 e. The van der Waals surface area contributed by atoms with E-state index in [4.69, 9.17) is 39.2 Å². The van der Waals surface area contributed by atoms with Crippen molar-refractivity contribution in [3.05, 3.63) is 101 Å². The van der Waals surface area contributed by atoms with Gasteiger partial charge >= 0.3 is 0 Å². The highest BCUT2D eigenvalue weighted by Crippen LogP contribution is 2.31. The zero-order valence-electron chi connectivity index (χ0n) is 15.1. The molecule has 2 heterocycles. The molecule has 30 heavy (non-hydrogen) atoms. The van der Waals surface area contributed by atoms with Crippen molar-refractivity contribution < 1.29 is 9.21 Å². The Bertz CT molecular complexity index is 1420. The van der Waals surface area contributed by atoms with Gasteiger partial charge in [-0.3, -0.25) is 9.59 Å². The van der Waals surface area contributed by atoms with Crippen molar-refractivity contribution in [1.82, 2.24) is 4.98 Å². The van der Waals surface area contributed by atoms with Gasteiger partial charge in [-0.05, 0) is 54.6 Å². The van der Waals surface area contributed by atoms with Crippen LogP contribution in [0.25, 0.3) is 23.5 Å². The monoisotopic (exact) mass is 475 g/mol. The maximum Gasteiger partial charge on any atom is 0.266 e. The third-order valence-electron chi connectivity index (χ3n) is 4.17. The van der Waals surface area contributed by atoms with Crippen LogP contribution >= 0.6 is 46.1 Å². The molecule has 0 unspecified atom stereocenters. The summed E-state index contributed by atoms with van der Waals surface area (Å²) in [6.45, 7) is 0. The van der Waals surface area contributed by atoms with Gasteiger partial charge in [-0.15, -0.1) is 11.3 Å². The van der Waals surface area contributed by atoms with Crippen LogP contribution in [0.4, 0.5) is 0 Å². The second kappa shape index (κ2) is 8.66. The van der Waals surface area contributed by atoms with Crippen molar-refractivity contribution >= 4 is 64.1 Å². The number of furan rings is 1. The Kier molecular flexibility index (Phi) is 5.97. The molecular formula is C22H12Cl3NO3S. The molecule has 0 radical (unpaired) electrons. The Morgan fingerprint density at radius 3 is 2.47 bits per heavy atom. The van der Waals surface area contributed by atoms with E-state index in [1.165, 1.54) is 6.08 Å². The molecule has 0 aliphatic carbocycles. The van der Waals surface area contributed by atoms with Crippen LogP contribution in [0.2, 0.25) is 15.1 Å². The van der Waals surface area contributed by atoms with Gasteiger partial charge in [0.1, 0.15) is 11.5 Å². The van der Waals surface area contributed by atoms with E-state index in [9.17, 15) is 9.59 Å². The molecule has 2 aromatic heterocycles. The molecule has 2 aromatic carbocycles. The number of hydrogen-bond donors (Lipinski definition) is 1. The molecule has 0 aliphatic rings. The first kappa shape index (κ1) is 20.7. The minimum absolute atomic E-state index is 0.230. The number of thiazole rings is 1. The van der Waals surface area contributed by atoms with Gasteiger partial charge in [0.2, 0.25) is 0 Å². The average molecular weight is 477 g/mol. The first-order chi connectivity index (χ1) is 14.4. The van der Waals surface area contributed by atoms with E-state index in [1.807, 2.05) is 0 Å². The molecule has 0 atom stereocenters. The standard InChI is InChI=1S/C22H12Cl3NO3S/c23-13-3-1-12(2-4-13)18(27)11-21-26-22(28)20(30-21)10-15-6-8-19(29-15)16-9-14(24)5-7-17(16)25/h1-11H,(H,26,28)/b20-10+,21-11+. The summed E-state index contributed by atoms with van der Waals surface area (Å²) in [6, 6.07) is 15.1. The third kappa shape index (κ3) is 4.60. The summed E-state index contributed by atoms with van der Waals surface area (Å²) in [5.41, 5.74) is 0.827. The van der Waals surface area contributed by atoms with Gasteiger partial charge < -0.3 is 9.40 Å². The number of carbonyl (C=O) groups is 1. The zero-order valence-corrected chi connectivity index (χ0v) is 18.2. The Labute approximate surface area is 189 Å². The summed E-state index contributed by atoms with van der Waals surface area (Å²) in [7, 11) is 0. The normalized spacial score (nSPS) is 12.5. The fraction of sp³-hybridized carbons (Fsp3) is 0. The maximum atomic E-state index is 12.4. The lowest BCUT2D eigenvalue weighted by Gasteiger charge is -2.00. The lowest BCUT2D eigenvalue weighted by molar-refractivity contribution is 0.106. The van der Waals surface area contributed by atoms with Gasteiger partial charge in [0.05, 0.1) is 14.2 Å². The van der Waals surface area contributed by atoms with Crippen LogP contribution in [-0.4, -0.2) is 10.8 Å². The van der Waals surface area contributed by atoms with Crippen molar-refractivity contribution in [2.45, 2.75) is 0 Å². The number of halogens is 3. The molecule has 4 nitrogen and oxygen atoms in total. The summed E-state index contributed by atoms with van der Waals surface area (Å²) in [5, 5.41) is 1.59. The lowest BCUT2D eigenvalue weighted by Crippen LogP contribution is -2.19. The van der Waals surface area contributed by atoms with Crippen molar-refractivity contribution in [3.63, 3.8) is 0 Å². The maximum absolute atomic E-state index is 12.4. The van der Waals surface area contributed by atoms with E-state index in [2.05, 4.69) is 4.98 Å². The molecule has 4 aromatic rings. The Morgan fingerprint density at radius 2 is 1.70 bits per heavy atom. The number of nitrogens with one attached hydrogen (secondary N) is 1. The van der Waals surface area contributed by atoms with Crippen LogP contribution in [-0.2, 0) is 0 Å². The zero-order chi connectivity index (χ0) is 21.3. The molecule has 0 fully saturated rings. The van der Waals surface area contributed by atoms with Gasteiger partial charge in [0.25, 0.3) is 5.56 Å². The molecule has 0 saturated heterocycles. The SMILES string of the molecule is O=C(/C=c1\[nH]c(=O)/c(=C\c2ccc(-c3cc(Cl)ccc3Cl)o2)s1)c1ccc(Cl)cc1. The molecule has 4 rings (SSSR count). The quantitative estimate of drug-likeness (QED) is 0.414. The minimum atomic E-state index is -0.311. The Balaban J connectivity index is 1.66. The van der Waals surface area contributed by atoms with Gasteiger partial charge in [-0.2, -0.15) is 0 Å². The number of benzene rings is 2. The predicted molar refractivity (Wildman–Crippen MR) is 122 cm³/mol. The fourth-order valence-electron chi connectivity index (χ4n) is 2.73.